The molecule has 1 amide bonds. The summed E-state index contributed by atoms with van der Waals surface area (Å²) in [5, 5.41) is 0.469. The molecule has 0 N–H and O–H groups in total. The van der Waals surface area contributed by atoms with Crippen molar-refractivity contribution in [1.82, 2.24) is 4.90 Å². The Kier molecular flexibility index (Phi) is 6.78. The van der Waals surface area contributed by atoms with Gasteiger partial charge in [0.1, 0.15) is 11.3 Å². The number of rotatable bonds is 9. The number of amides is 1. The number of carbonyl (C=O) groups is 1. The molecule has 2 aromatic heterocycles. The zero-order chi connectivity index (χ0) is 26.1. The second kappa shape index (κ2) is 10.2. The van der Waals surface area contributed by atoms with E-state index in [4.69, 9.17) is 18.3 Å². The number of carbonyl (C=O) groups excluding carboxylic acids is 1. The average Bonchev–Trinajstić information content (AvgIpc) is 3.50. The molecule has 1 unspecified atom stereocenters. The van der Waals surface area contributed by atoms with Crippen molar-refractivity contribution < 1.29 is 23.1 Å². The van der Waals surface area contributed by atoms with Crippen LogP contribution in [0.5, 0.6) is 11.5 Å². The Morgan fingerprint density at radius 2 is 1.86 bits per heavy atom. The summed E-state index contributed by atoms with van der Waals surface area (Å²) in [6.07, 6.45) is 4.72. The minimum Gasteiger partial charge on any atom is -0.493 e. The molecule has 37 heavy (non-hydrogen) atoms. The predicted molar refractivity (Wildman–Crippen MR) is 140 cm³/mol. The van der Waals surface area contributed by atoms with Crippen LogP contribution in [-0.2, 0) is 6.54 Å². The number of methoxy groups -OCH3 is 1. The highest BCUT2D eigenvalue weighted by Crippen LogP contribution is 2.42. The first-order chi connectivity index (χ1) is 17.9. The summed E-state index contributed by atoms with van der Waals surface area (Å²) >= 11 is 0. The summed E-state index contributed by atoms with van der Waals surface area (Å²) in [6.45, 7) is 6.74. The molecule has 0 bridgehead atoms. The zero-order valence-corrected chi connectivity index (χ0v) is 21.6. The van der Waals surface area contributed by atoms with E-state index in [1.807, 2.05) is 44.2 Å². The molecule has 3 heterocycles. The van der Waals surface area contributed by atoms with Crippen LogP contribution in [0.4, 0.5) is 0 Å². The molecular weight excluding hydrogens is 470 g/mol. The van der Waals surface area contributed by atoms with Crippen molar-refractivity contribution in [3.8, 4) is 11.5 Å². The van der Waals surface area contributed by atoms with Crippen molar-refractivity contribution in [2.45, 2.75) is 52.6 Å². The second-order valence-electron chi connectivity index (χ2n) is 9.51. The first kappa shape index (κ1) is 24.7. The van der Waals surface area contributed by atoms with Gasteiger partial charge in [0.2, 0.25) is 5.76 Å². The number of hydrogen-bond donors (Lipinski definition) is 0. The smallest absolute Gasteiger partial charge is 0.291 e. The van der Waals surface area contributed by atoms with Gasteiger partial charge in [-0.25, -0.2) is 0 Å². The highest BCUT2D eigenvalue weighted by Gasteiger charge is 2.43. The van der Waals surface area contributed by atoms with E-state index in [0.717, 1.165) is 36.0 Å². The maximum Gasteiger partial charge on any atom is 0.291 e. The zero-order valence-electron chi connectivity index (χ0n) is 21.6. The van der Waals surface area contributed by atoms with Gasteiger partial charge in [-0.05, 0) is 67.3 Å². The van der Waals surface area contributed by atoms with Gasteiger partial charge in [-0.15, -0.1) is 0 Å². The first-order valence-electron chi connectivity index (χ1n) is 12.6. The minimum absolute atomic E-state index is 0.0693. The van der Waals surface area contributed by atoms with Crippen molar-refractivity contribution in [1.29, 1.82) is 0 Å². The van der Waals surface area contributed by atoms with E-state index in [-0.39, 0.29) is 23.6 Å². The number of unbranched alkanes of at least 4 members (excludes halogenated alkanes) is 2. The fourth-order valence-electron chi connectivity index (χ4n) is 5.06. The van der Waals surface area contributed by atoms with Gasteiger partial charge in [0.25, 0.3) is 5.91 Å². The summed E-state index contributed by atoms with van der Waals surface area (Å²) in [7, 11) is 1.58. The summed E-state index contributed by atoms with van der Waals surface area (Å²) in [5.41, 5.74) is 3.06. The van der Waals surface area contributed by atoms with Crippen molar-refractivity contribution >= 4 is 16.9 Å². The maximum atomic E-state index is 13.9. The highest BCUT2D eigenvalue weighted by atomic mass is 16.5. The van der Waals surface area contributed by atoms with Gasteiger partial charge in [0.05, 0.1) is 43.5 Å². The summed E-state index contributed by atoms with van der Waals surface area (Å²) in [6, 6.07) is 12.2. The number of hydrogen-bond acceptors (Lipinski definition) is 6. The van der Waals surface area contributed by atoms with Gasteiger partial charge in [0.15, 0.2) is 16.9 Å². The molecule has 2 aromatic carbocycles. The van der Waals surface area contributed by atoms with Crippen LogP contribution in [0.15, 0.2) is 62.4 Å². The standard InChI is InChI=1S/C30H31NO6/c1-5-6-7-12-36-23-11-10-20(16-24(23)34-4)26-25-27(32)22-15-18(2)14-19(3)28(22)37-29(25)30(33)31(26)17-21-9-8-13-35-21/h8-11,13-16,26H,5-7,12,17H2,1-4H3. The molecule has 0 radical (unpaired) electrons. The third kappa shape index (κ3) is 4.50. The molecule has 0 aliphatic carbocycles. The number of ether oxygens (including phenoxy) is 2. The van der Waals surface area contributed by atoms with Gasteiger partial charge >= 0.3 is 0 Å². The van der Waals surface area contributed by atoms with E-state index in [1.54, 1.807) is 30.4 Å². The van der Waals surface area contributed by atoms with Crippen LogP contribution in [0, 0.1) is 13.8 Å². The Hall–Kier alpha value is -4.00. The van der Waals surface area contributed by atoms with Gasteiger partial charge in [-0.3, -0.25) is 9.59 Å². The van der Waals surface area contributed by atoms with Crippen LogP contribution in [0.25, 0.3) is 11.0 Å². The fraction of sp³-hybridized carbons (Fsp3) is 0.333. The number of furan rings is 1. The van der Waals surface area contributed by atoms with Gasteiger partial charge < -0.3 is 23.2 Å². The van der Waals surface area contributed by atoms with Crippen LogP contribution >= 0.6 is 0 Å². The number of aryl methyl sites for hydroxylation is 2. The molecule has 0 spiro atoms. The summed E-state index contributed by atoms with van der Waals surface area (Å²) in [5.74, 6) is 1.50. The van der Waals surface area contributed by atoms with Crippen LogP contribution in [0.1, 0.15) is 70.8 Å². The van der Waals surface area contributed by atoms with Gasteiger partial charge in [-0.1, -0.05) is 31.9 Å². The van der Waals surface area contributed by atoms with E-state index >= 15 is 0 Å². The quantitative estimate of drug-likeness (QED) is 0.249. The Morgan fingerprint density at radius 3 is 2.59 bits per heavy atom. The Balaban J connectivity index is 1.64. The largest absolute Gasteiger partial charge is 0.493 e. The Morgan fingerprint density at radius 1 is 1.03 bits per heavy atom. The van der Waals surface area contributed by atoms with E-state index in [0.29, 0.717) is 40.4 Å². The molecular formula is C30H31NO6. The van der Waals surface area contributed by atoms with E-state index < -0.39 is 6.04 Å². The molecule has 0 fully saturated rings. The molecule has 5 rings (SSSR count). The van der Waals surface area contributed by atoms with Crippen molar-refractivity contribution in [3.05, 3.63) is 92.7 Å². The summed E-state index contributed by atoms with van der Waals surface area (Å²) in [4.78, 5) is 29.2. The molecule has 1 aliphatic heterocycles. The molecule has 7 heteroatoms. The van der Waals surface area contributed by atoms with Crippen molar-refractivity contribution in [2.75, 3.05) is 13.7 Å². The molecule has 4 aromatic rings. The van der Waals surface area contributed by atoms with Gasteiger partial charge in [-0.2, -0.15) is 0 Å². The first-order valence-corrected chi connectivity index (χ1v) is 12.6. The Labute approximate surface area is 215 Å². The van der Waals surface area contributed by atoms with Crippen LogP contribution in [0.3, 0.4) is 0 Å². The number of nitrogens with zero attached hydrogens (tertiary/aromatic N) is 1. The molecule has 1 atom stereocenters. The lowest BCUT2D eigenvalue weighted by molar-refractivity contribution is 0.0701. The fourth-order valence-corrected chi connectivity index (χ4v) is 5.06. The van der Waals surface area contributed by atoms with E-state index in [2.05, 4.69) is 6.92 Å². The maximum absolute atomic E-state index is 13.9. The lowest BCUT2D eigenvalue weighted by Crippen LogP contribution is -2.29. The van der Waals surface area contributed by atoms with Crippen molar-refractivity contribution in [2.24, 2.45) is 0 Å². The minimum atomic E-state index is -0.669. The lowest BCUT2D eigenvalue weighted by atomic mass is 9.97. The van der Waals surface area contributed by atoms with Crippen LogP contribution in [0.2, 0.25) is 0 Å². The molecule has 192 valence electrons. The van der Waals surface area contributed by atoms with E-state index in [1.165, 1.54) is 0 Å². The third-order valence-corrected chi connectivity index (χ3v) is 6.81. The molecule has 7 nitrogen and oxygen atoms in total. The van der Waals surface area contributed by atoms with Crippen LogP contribution < -0.4 is 14.9 Å². The second-order valence-corrected chi connectivity index (χ2v) is 9.51. The topological polar surface area (TPSA) is 82.1 Å². The van der Waals surface area contributed by atoms with Crippen LogP contribution in [-0.4, -0.2) is 24.5 Å². The number of fused-ring (bicyclic) bond motifs is 2. The van der Waals surface area contributed by atoms with Crippen molar-refractivity contribution in [3.63, 3.8) is 0 Å². The SMILES string of the molecule is CCCCCOc1ccc(C2c3c(oc4c(C)cc(C)cc4c3=O)C(=O)N2Cc2ccco2)cc1OC. The molecule has 0 saturated heterocycles. The van der Waals surface area contributed by atoms with Gasteiger partial charge in [0, 0.05) is 0 Å². The Bertz CT molecular complexity index is 1500. The monoisotopic (exact) mass is 501 g/mol. The average molecular weight is 502 g/mol. The highest BCUT2D eigenvalue weighted by molar-refractivity contribution is 5.99. The lowest BCUT2D eigenvalue weighted by Gasteiger charge is -2.25. The number of benzene rings is 2. The normalized spacial score (nSPS) is 14.9. The third-order valence-electron chi connectivity index (χ3n) is 6.81. The molecule has 0 saturated carbocycles. The predicted octanol–water partition coefficient (Wildman–Crippen LogP) is 6.33. The summed E-state index contributed by atoms with van der Waals surface area (Å²) < 4.78 is 23.3. The molecule has 1 aliphatic rings. The van der Waals surface area contributed by atoms with E-state index in [9.17, 15) is 9.59 Å².